The van der Waals surface area contributed by atoms with Gasteiger partial charge in [-0.15, -0.1) is 10.2 Å². The molecule has 1 aromatic rings. The van der Waals surface area contributed by atoms with Crippen molar-refractivity contribution < 1.29 is 13.2 Å². The predicted molar refractivity (Wildman–Crippen MR) is 86.6 cm³/mol. The summed E-state index contributed by atoms with van der Waals surface area (Å²) in [4.78, 5) is 0. The molecule has 2 aliphatic heterocycles. The summed E-state index contributed by atoms with van der Waals surface area (Å²) >= 11 is 0. The Balaban J connectivity index is 1.80. The average molecular weight is 342 g/mol. The largest absolute Gasteiger partial charge is 0.381 e. The van der Waals surface area contributed by atoms with Gasteiger partial charge >= 0.3 is 0 Å². The Kier molecular flexibility index (Phi) is 5.03. The molecule has 0 unspecified atom stereocenters. The molecule has 1 atom stereocenters. The minimum absolute atomic E-state index is 0.0722. The fraction of sp³-hybridized carbons (Fsp3) is 0.867. The van der Waals surface area contributed by atoms with Gasteiger partial charge in [0, 0.05) is 31.7 Å². The molecule has 1 aromatic heterocycles. The van der Waals surface area contributed by atoms with E-state index in [9.17, 15) is 8.42 Å². The van der Waals surface area contributed by atoms with Gasteiger partial charge in [0.05, 0.1) is 12.3 Å². The standard InChI is InChI=1S/C15H26N4O3S/c1-3-4-9-23(20,21)18-10-12(2)19-14(11-18)16-17-15(19)13-5-7-22-8-6-13/h12-13H,3-11H2,1-2H3/t12-/m0/s1. The molecule has 2 aliphatic rings. The van der Waals surface area contributed by atoms with E-state index in [1.165, 1.54) is 0 Å². The Bertz CT molecular complexity index is 637. The van der Waals surface area contributed by atoms with Gasteiger partial charge in [-0.2, -0.15) is 4.31 Å². The van der Waals surface area contributed by atoms with E-state index in [4.69, 9.17) is 4.74 Å². The van der Waals surface area contributed by atoms with E-state index in [-0.39, 0.29) is 11.8 Å². The Morgan fingerprint density at radius 1 is 1.26 bits per heavy atom. The van der Waals surface area contributed by atoms with E-state index >= 15 is 0 Å². The van der Waals surface area contributed by atoms with Crippen LogP contribution in [-0.4, -0.2) is 53.0 Å². The highest BCUT2D eigenvalue weighted by molar-refractivity contribution is 7.89. The number of rotatable bonds is 5. The van der Waals surface area contributed by atoms with Crippen molar-refractivity contribution >= 4 is 10.0 Å². The van der Waals surface area contributed by atoms with Crippen molar-refractivity contribution in [1.29, 1.82) is 0 Å². The summed E-state index contributed by atoms with van der Waals surface area (Å²) in [7, 11) is -3.20. The molecule has 130 valence electrons. The lowest BCUT2D eigenvalue weighted by molar-refractivity contribution is 0.0820. The molecule has 0 aromatic carbocycles. The van der Waals surface area contributed by atoms with Gasteiger partial charge in [0.25, 0.3) is 0 Å². The molecule has 23 heavy (non-hydrogen) atoms. The zero-order valence-electron chi connectivity index (χ0n) is 13.9. The summed E-state index contributed by atoms with van der Waals surface area (Å²) in [6.07, 6.45) is 3.51. The molecule has 0 N–H and O–H groups in total. The van der Waals surface area contributed by atoms with E-state index in [1.54, 1.807) is 4.31 Å². The quantitative estimate of drug-likeness (QED) is 0.813. The first kappa shape index (κ1) is 16.9. The molecular weight excluding hydrogens is 316 g/mol. The van der Waals surface area contributed by atoms with Gasteiger partial charge in [-0.3, -0.25) is 0 Å². The number of hydrogen-bond donors (Lipinski definition) is 0. The van der Waals surface area contributed by atoms with E-state index < -0.39 is 10.0 Å². The smallest absolute Gasteiger partial charge is 0.214 e. The first-order chi connectivity index (χ1) is 11.0. The zero-order chi connectivity index (χ0) is 16.4. The zero-order valence-corrected chi connectivity index (χ0v) is 14.8. The molecule has 0 bridgehead atoms. The highest BCUT2D eigenvalue weighted by Crippen LogP contribution is 2.31. The molecule has 3 rings (SSSR count). The van der Waals surface area contributed by atoms with Crippen molar-refractivity contribution in [3.63, 3.8) is 0 Å². The van der Waals surface area contributed by atoms with Crippen LogP contribution in [0.4, 0.5) is 0 Å². The SMILES string of the molecule is CCCCS(=O)(=O)N1Cc2nnc(C3CCOCC3)n2[C@@H](C)C1. The van der Waals surface area contributed by atoms with Gasteiger partial charge in [0.15, 0.2) is 0 Å². The lowest BCUT2D eigenvalue weighted by atomic mass is 9.99. The summed E-state index contributed by atoms with van der Waals surface area (Å²) in [5, 5.41) is 8.68. The Morgan fingerprint density at radius 2 is 2.00 bits per heavy atom. The lowest BCUT2D eigenvalue weighted by Crippen LogP contribution is -2.42. The normalized spacial score (nSPS) is 23.8. The van der Waals surface area contributed by atoms with Crippen LogP contribution in [-0.2, 0) is 21.3 Å². The molecule has 7 nitrogen and oxygen atoms in total. The summed E-state index contributed by atoms with van der Waals surface area (Å²) in [6.45, 7) is 6.43. The van der Waals surface area contributed by atoms with Crippen molar-refractivity contribution in [3.05, 3.63) is 11.6 Å². The summed E-state index contributed by atoms with van der Waals surface area (Å²) in [6, 6.07) is 0.0722. The molecule has 0 aliphatic carbocycles. The first-order valence-electron chi connectivity index (χ1n) is 8.52. The van der Waals surface area contributed by atoms with Crippen LogP contribution >= 0.6 is 0 Å². The number of unbranched alkanes of at least 4 members (excludes halogenated alkanes) is 1. The van der Waals surface area contributed by atoms with Crippen LogP contribution in [0.5, 0.6) is 0 Å². The maximum Gasteiger partial charge on any atom is 0.214 e. The maximum atomic E-state index is 12.5. The third-order valence-corrected chi connectivity index (χ3v) is 6.62. The van der Waals surface area contributed by atoms with Crippen LogP contribution in [0.15, 0.2) is 0 Å². The number of hydrogen-bond acceptors (Lipinski definition) is 5. The van der Waals surface area contributed by atoms with Crippen LogP contribution < -0.4 is 0 Å². The third-order valence-electron chi connectivity index (χ3n) is 4.75. The second-order valence-corrected chi connectivity index (χ2v) is 8.63. The number of ether oxygens (including phenoxy) is 1. The minimum Gasteiger partial charge on any atom is -0.381 e. The molecule has 0 amide bonds. The lowest BCUT2D eigenvalue weighted by Gasteiger charge is -2.33. The van der Waals surface area contributed by atoms with E-state index in [2.05, 4.69) is 21.7 Å². The number of nitrogens with zero attached hydrogens (tertiary/aromatic N) is 4. The van der Waals surface area contributed by atoms with Gasteiger partial charge < -0.3 is 9.30 Å². The average Bonchev–Trinajstić information content (AvgIpc) is 2.98. The van der Waals surface area contributed by atoms with Crippen LogP contribution in [0.25, 0.3) is 0 Å². The summed E-state index contributed by atoms with van der Waals surface area (Å²) in [5.41, 5.74) is 0. The van der Waals surface area contributed by atoms with Crippen LogP contribution in [0.3, 0.4) is 0 Å². The van der Waals surface area contributed by atoms with Crippen LogP contribution in [0.1, 0.15) is 63.1 Å². The molecular formula is C15H26N4O3S. The van der Waals surface area contributed by atoms with Gasteiger partial charge in [-0.05, 0) is 26.2 Å². The van der Waals surface area contributed by atoms with Gasteiger partial charge in [-0.25, -0.2) is 8.42 Å². The summed E-state index contributed by atoms with van der Waals surface area (Å²) in [5.74, 6) is 2.36. The Morgan fingerprint density at radius 3 is 2.70 bits per heavy atom. The Hall–Kier alpha value is -0.990. The summed E-state index contributed by atoms with van der Waals surface area (Å²) < 4.78 is 34.1. The van der Waals surface area contributed by atoms with Crippen molar-refractivity contribution in [2.75, 3.05) is 25.5 Å². The Labute approximate surface area is 138 Å². The second kappa shape index (κ2) is 6.86. The van der Waals surface area contributed by atoms with Crippen molar-refractivity contribution in [2.24, 2.45) is 0 Å². The van der Waals surface area contributed by atoms with Crippen molar-refractivity contribution in [1.82, 2.24) is 19.1 Å². The predicted octanol–water partition coefficient (Wildman–Crippen LogP) is 1.68. The molecule has 0 saturated carbocycles. The third kappa shape index (κ3) is 3.44. The molecule has 1 saturated heterocycles. The molecule has 3 heterocycles. The maximum absolute atomic E-state index is 12.5. The molecule has 0 radical (unpaired) electrons. The fourth-order valence-electron chi connectivity index (χ4n) is 3.43. The van der Waals surface area contributed by atoms with Crippen LogP contribution in [0, 0.1) is 0 Å². The molecule has 1 fully saturated rings. The minimum atomic E-state index is -3.20. The monoisotopic (exact) mass is 342 g/mol. The van der Waals surface area contributed by atoms with E-state index in [1.807, 2.05) is 6.92 Å². The molecule has 0 spiro atoms. The highest BCUT2D eigenvalue weighted by Gasteiger charge is 2.34. The number of sulfonamides is 1. The van der Waals surface area contributed by atoms with E-state index in [0.29, 0.717) is 25.4 Å². The second-order valence-electron chi connectivity index (χ2n) is 6.54. The van der Waals surface area contributed by atoms with Crippen molar-refractivity contribution in [2.45, 2.75) is 58.0 Å². The topological polar surface area (TPSA) is 77.3 Å². The highest BCUT2D eigenvalue weighted by atomic mass is 32.2. The van der Waals surface area contributed by atoms with Crippen molar-refractivity contribution in [3.8, 4) is 0 Å². The van der Waals surface area contributed by atoms with Gasteiger partial charge in [-0.1, -0.05) is 13.3 Å². The van der Waals surface area contributed by atoms with Gasteiger partial charge in [0.1, 0.15) is 11.6 Å². The number of aromatic nitrogens is 3. The number of fused-ring (bicyclic) bond motifs is 1. The first-order valence-corrected chi connectivity index (χ1v) is 10.1. The van der Waals surface area contributed by atoms with E-state index in [0.717, 1.165) is 44.1 Å². The van der Waals surface area contributed by atoms with Gasteiger partial charge in [0.2, 0.25) is 10.0 Å². The molecule has 8 heteroatoms. The van der Waals surface area contributed by atoms with Crippen LogP contribution in [0.2, 0.25) is 0 Å². The fourth-order valence-corrected chi connectivity index (χ4v) is 5.09.